The van der Waals surface area contributed by atoms with Gasteiger partial charge in [0.25, 0.3) is 0 Å². The summed E-state index contributed by atoms with van der Waals surface area (Å²) in [5.41, 5.74) is 0.673. The smallest absolute Gasteiger partial charge is 0.431 e. The van der Waals surface area contributed by atoms with Gasteiger partial charge in [-0.2, -0.15) is 0 Å². The SMILES string of the molecule is CC1CN(c2c(Cl)cc3c(=O)c(OC(=O)OC4CC4)c[nH]c3c2Cl)CCN1. The van der Waals surface area contributed by atoms with E-state index in [1.54, 1.807) is 6.07 Å². The van der Waals surface area contributed by atoms with Crippen LogP contribution in [-0.4, -0.2) is 42.9 Å². The summed E-state index contributed by atoms with van der Waals surface area (Å²) in [5.74, 6) is -0.149. The number of aromatic nitrogens is 1. The first kappa shape index (κ1) is 18.4. The number of nitrogens with zero attached hydrogens (tertiary/aromatic N) is 1. The minimum Gasteiger partial charge on any atom is -0.431 e. The van der Waals surface area contributed by atoms with Crippen LogP contribution in [0.5, 0.6) is 5.75 Å². The average Bonchev–Trinajstić information content (AvgIpc) is 3.42. The molecule has 7 nitrogen and oxygen atoms in total. The molecule has 2 fully saturated rings. The third-order valence-electron chi connectivity index (χ3n) is 4.68. The van der Waals surface area contributed by atoms with E-state index in [4.69, 9.17) is 32.7 Å². The number of aromatic amines is 1. The van der Waals surface area contributed by atoms with Crippen LogP contribution in [0.2, 0.25) is 10.0 Å². The molecule has 1 saturated carbocycles. The number of fused-ring (bicyclic) bond motifs is 1. The summed E-state index contributed by atoms with van der Waals surface area (Å²) >= 11 is 13.1. The molecule has 144 valence electrons. The van der Waals surface area contributed by atoms with Crippen molar-refractivity contribution in [3.05, 3.63) is 32.5 Å². The topological polar surface area (TPSA) is 83.7 Å². The van der Waals surface area contributed by atoms with Crippen molar-refractivity contribution >= 4 is 45.9 Å². The van der Waals surface area contributed by atoms with E-state index in [-0.39, 0.29) is 17.2 Å². The Morgan fingerprint density at radius 3 is 2.81 bits per heavy atom. The number of nitrogens with one attached hydrogen (secondary N) is 2. The van der Waals surface area contributed by atoms with Gasteiger partial charge < -0.3 is 24.7 Å². The summed E-state index contributed by atoms with van der Waals surface area (Å²) < 4.78 is 10.0. The molecule has 1 aliphatic heterocycles. The van der Waals surface area contributed by atoms with E-state index >= 15 is 0 Å². The lowest BCUT2D eigenvalue weighted by atomic mass is 10.1. The lowest BCUT2D eigenvalue weighted by Gasteiger charge is -2.34. The molecule has 1 saturated heterocycles. The Bertz CT molecular complexity index is 958. The van der Waals surface area contributed by atoms with E-state index in [2.05, 4.69) is 22.1 Å². The summed E-state index contributed by atoms with van der Waals surface area (Å²) in [6.07, 6.45) is 1.97. The van der Waals surface area contributed by atoms with Gasteiger partial charge in [0.1, 0.15) is 6.10 Å². The molecule has 1 aromatic heterocycles. The van der Waals surface area contributed by atoms with E-state index < -0.39 is 11.6 Å². The number of H-pyrrole nitrogens is 1. The van der Waals surface area contributed by atoms with Crippen molar-refractivity contribution in [3.8, 4) is 5.75 Å². The number of halogens is 2. The summed E-state index contributed by atoms with van der Waals surface area (Å²) in [4.78, 5) is 29.5. The molecule has 0 bridgehead atoms. The second-order valence-electron chi connectivity index (χ2n) is 6.90. The van der Waals surface area contributed by atoms with Gasteiger partial charge in [-0.1, -0.05) is 23.2 Å². The van der Waals surface area contributed by atoms with Crippen molar-refractivity contribution in [2.24, 2.45) is 0 Å². The summed E-state index contributed by atoms with van der Waals surface area (Å²) in [7, 11) is 0. The quantitative estimate of drug-likeness (QED) is 0.753. The first-order valence-corrected chi connectivity index (χ1v) is 9.60. The van der Waals surface area contributed by atoms with Gasteiger partial charge in [0, 0.05) is 31.9 Å². The van der Waals surface area contributed by atoms with Crippen molar-refractivity contribution in [2.75, 3.05) is 24.5 Å². The molecule has 1 atom stereocenters. The molecule has 2 N–H and O–H groups in total. The van der Waals surface area contributed by atoms with Crippen molar-refractivity contribution < 1.29 is 14.3 Å². The van der Waals surface area contributed by atoms with E-state index in [0.717, 1.165) is 32.5 Å². The lowest BCUT2D eigenvalue weighted by Crippen LogP contribution is -2.49. The van der Waals surface area contributed by atoms with Gasteiger partial charge in [-0.25, -0.2) is 4.79 Å². The molecule has 1 aliphatic carbocycles. The third kappa shape index (κ3) is 3.72. The second kappa shape index (κ2) is 7.22. The Labute approximate surface area is 165 Å². The predicted octanol–water partition coefficient (Wildman–Crippen LogP) is 3.31. The molecule has 0 radical (unpaired) electrons. The lowest BCUT2D eigenvalue weighted by molar-refractivity contribution is 0.0921. The third-order valence-corrected chi connectivity index (χ3v) is 5.33. The normalized spacial score (nSPS) is 20.0. The van der Waals surface area contributed by atoms with Crippen LogP contribution in [0.3, 0.4) is 0 Å². The van der Waals surface area contributed by atoms with Crippen LogP contribution in [0, 0.1) is 0 Å². The van der Waals surface area contributed by atoms with Gasteiger partial charge in [0.2, 0.25) is 5.43 Å². The van der Waals surface area contributed by atoms with E-state index in [1.165, 1.54) is 6.20 Å². The number of ether oxygens (including phenoxy) is 2. The summed E-state index contributed by atoms with van der Waals surface area (Å²) in [6, 6.07) is 1.86. The number of carbonyl (C=O) groups is 1. The summed E-state index contributed by atoms with van der Waals surface area (Å²) in [5, 5.41) is 4.37. The maximum Gasteiger partial charge on any atom is 0.514 e. The molecule has 9 heteroatoms. The van der Waals surface area contributed by atoms with Crippen LogP contribution in [0.1, 0.15) is 19.8 Å². The number of piperazine rings is 1. The van der Waals surface area contributed by atoms with Crippen LogP contribution < -0.4 is 20.4 Å². The number of carbonyl (C=O) groups excluding carboxylic acids is 1. The molecule has 0 spiro atoms. The molecule has 1 aromatic carbocycles. The highest BCUT2D eigenvalue weighted by Gasteiger charge is 2.28. The molecular formula is C18H19Cl2N3O4. The van der Waals surface area contributed by atoms with Crippen LogP contribution >= 0.6 is 23.2 Å². The Balaban J connectivity index is 1.70. The van der Waals surface area contributed by atoms with Gasteiger partial charge in [-0.05, 0) is 25.8 Å². The molecule has 4 rings (SSSR count). The van der Waals surface area contributed by atoms with Crippen molar-refractivity contribution in [1.29, 1.82) is 0 Å². The second-order valence-corrected chi connectivity index (χ2v) is 7.68. The van der Waals surface area contributed by atoms with E-state index in [1.807, 2.05) is 0 Å². The predicted molar refractivity (Wildman–Crippen MR) is 104 cm³/mol. The number of hydrogen-bond acceptors (Lipinski definition) is 6. The van der Waals surface area contributed by atoms with Crippen LogP contribution in [-0.2, 0) is 4.74 Å². The zero-order valence-corrected chi connectivity index (χ0v) is 16.2. The van der Waals surface area contributed by atoms with Crippen LogP contribution in [0.4, 0.5) is 10.5 Å². The minimum absolute atomic E-state index is 0.107. The van der Waals surface area contributed by atoms with Crippen molar-refractivity contribution in [2.45, 2.75) is 31.9 Å². The Hall–Kier alpha value is -1.96. The molecule has 27 heavy (non-hydrogen) atoms. The highest BCUT2D eigenvalue weighted by Crippen LogP contribution is 2.39. The monoisotopic (exact) mass is 411 g/mol. The van der Waals surface area contributed by atoms with Gasteiger partial charge >= 0.3 is 6.16 Å². The summed E-state index contributed by atoms with van der Waals surface area (Å²) in [6.45, 7) is 4.41. The number of benzene rings is 1. The number of anilines is 1. The number of rotatable bonds is 3. The minimum atomic E-state index is -0.883. The van der Waals surface area contributed by atoms with E-state index in [9.17, 15) is 9.59 Å². The molecule has 2 aromatic rings. The fraction of sp³-hybridized carbons (Fsp3) is 0.444. The van der Waals surface area contributed by atoms with E-state index in [0.29, 0.717) is 27.3 Å². The zero-order valence-electron chi connectivity index (χ0n) is 14.7. The fourth-order valence-electron chi connectivity index (χ4n) is 3.20. The van der Waals surface area contributed by atoms with Crippen molar-refractivity contribution in [3.63, 3.8) is 0 Å². The largest absolute Gasteiger partial charge is 0.514 e. The Kier molecular flexibility index (Phi) is 4.92. The average molecular weight is 412 g/mol. The van der Waals surface area contributed by atoms with Crippen LogP contribution in [0.25, 0.3) is 10.9 Å². The first-order chi connectivity index (χ1) is 12.9. The Morgan fingerprint density at radius 1 is 1.33 bits per heavy atom. The number of pyridine rings is 1. The number of hydrogen-bond donors (Lipinski definition) is 2. The van der Waals surface area contributed by atoms with Gasteiger partial charge in [0.05, 0.1) is 26.6 Å². The molecule has 0 amide bonds. The van der Waals surface area contributed by atoms with Crippen LogP contribution in [0.15, 0.2) is 17.1 Å². The highest BCUT2D eigenvalue weighted by molar-refractivity contribution is 6.42. The maximum atomic E-state index is 12.7. The molecule has 2 aliphatic rings. The van der Waals surface area contributed by atoms with Gasteiger partial charge in [-0.15, -0.1) is 0 Å². The molecule has 2 heterocycles. The maximum absolute atomic E-state index is 12.7. The van der Waals surface area contributed by atoms with Gasteiger partial charge in [0.15, 0.2) is 5.75 Å². The van der Waals surface area contributed by atoms with Crippen molar-refractivity contribution in [1.82, 2.24) is 10.3 Å². The Morgan fingerprint density at radius 2 is 2.11 bits per heavy atom. The first-order valence-electron chi connectivity index (χ1n) is 8.84. The standard InChI is InChI=1S/C18H19Cl2N3O4/c1-9-8-23(5-4-21-9)16-12(19)6-11-15(14(16)20)22-7-13(17(11)24)27-18(25)26-10-2-3-10/h6-7,9-10,21H,2-5,8H2,1H3,(H,22,24). The highest BCUT2D eigenvalue weighted by atomic mass is 35.5. The van der Waals surface area contributed by atoms with Gasteiger partial charge in [-0.3, -0.25) is 4.79 Å². The zero-order chi connectivity index (χ0) is 19.1. The fourth-order valence-corrected chi connectivity index (χ4v) is 3.95. The molecule has 1 unspecified atom stereocenters. The molecular weight excluding hydrogens is 393 g/mol.